The molecule has 6 aromatic heterocycles. The van der Waals surface area contributed by atoms with E-state index in [1.165, 1.54) is 7.11 Å². The molecule has 18 heteroatoms. The van der Waals surface area contributed by atoms with Crippen LogP contribution < -0.4 is 0 Å². The molecule has 2 N–H and O–H groups in total. The first kappa shape index (κ1) is 37.8. The first-order valence-electron chi connectivity index (χ1n) is 16.0. The maximum absolute atomic E-state index is 12.1. The average molecular weight is 851 g/mol. The van der Waals surface area contributed by atoms with Crippen LogP contribution in [0.25, 0.3) is 44.1 Å². The first-order chi connectivity index (χ1) is 23.5. The Labute approximate surface area is 307 Å². The van der Waals surface area contributed by atoms with Crippen molar-refractivity contribution in [2.75, 3.05) is 20.3 Å². The normalized spacial score (nSPS) is 12.3. The van der Waals surface area contributed by atoms with Crippen molar-refractivity contribution >= 4 is 104 Å². The molecule has 0 saturated heterocycles. The number of nitrogens with one attached hydrogen (secondary N) is 1. The van der Waals surface area contributed by atoms with Gasteiger partial charge in [0.1, 0.15) is 46.6 Å². The van der Waals surface area contributed by atoms with Crippen LogP contribution in [0.1, 0.15) is 21.0 Å². The van der Waals surface area contributed by atoms with E-state index in [1.54, 1.807) is 21.8 Å². The molecule has 0 aromatic carbocycles. The number of carbonyl (C=O) groups is 2. The molecule has 268 valence electrons. The Morgan fingerprint density at radius 2 is 1.36 bits per heavy atom. The van der Waals surface area contributed by atoms with Crippen molar-refractivity contribution in [3.05, 3.63) is 44.9 Å². The summed E-state index contributed by atoms with van der Waals surface area (Å²) in [4.78, 5) is 35.8. The minimum atomic E-state index is -1.18. The molecule has 0 fully saturated rings. The predicted octanol–water partition coefficient (Wildman–Crippen LogP) is 7.47. The molecule has 0 saturated carbocycles. The molecule has 0 aliphatic heterocycles. The summed E-state index contributed by atoms with van der Waals surface area (Å²) in [5, 5.41) is 18.1. The van der Waals surface area contributed by atoms with E-state index < -0.39 is 28.1 Å². The van der Waals surface area contributed by atoms with E-state index in [0.717, 1.165) is 48.6 Å². The van der Waals surface area contributed by atoms with Crippen LogP contribution in [0.2, 0.25) is 51.4 Å². The number of rotatable bonds is 12. The molecule has 6 aromatic rings. The third kappa shape index (κ3) is 8.37. The molecule has 0 unspecified atom stereocenters. The molecule has 6 heterocycles. The number of carbonyl (C=O) groups excluding carboxylic acids is 1. The van der Waals surface area contributed by atoms with E-state index in [-0.39, 0.29) is 24.8 Å². The van der Waals surface area contributed by atoms with Crippen LogP contribution in [0.3, 0.4) is 0 Å². The number of H-pyrrole nitrogens is 1. The minimum Gasteiger partial charge on any atom is -0.476 e. The number of halogens is 2. The van der Waals surface area contributed by atoms with Crippen molar-refractivity contribution in [3.63, 3.8) is 0 Å². The number of aromatic amines is 1. The zero-order valence-electron chi connectivity index (χ0n) is 29.4. The number of pyridine rings is 2. The Bertz CT molecular complexity index is 2200. The van der Waals surface area contributed by atoms with Gasteiger partial charge in [0.25, 0.3) is 0 Å². The Morgan fingerprint density at radius 1 is 0.820 bits per heavy atom. The summed E-state index contributed by atoms with van der Waals surface area (Å²) in [7, 11) is 0.830. The molecule has 6 rings (SSSR count). The third-order valence-corrected chi connectivity index (χ3v) is 12.3. The number of carboxylic acid groups (broad SMARTS) is 1. The summed E-state index contributed by atoms with van der Waals surface area (Å²) in [6.07, 6.45) is 3.42. The predicted molar refractivity (Wildman–Crippen MR) is 205 cm³/mol. The minimum absolute atomic E-state index is 0.0143. The SMILES string of the molecule is COC(=O)c1nn(COCC[Si](C)(C)C)c2c1[nH]c1cc(Br)cnc12.Cn1c2cc(Br)cnc2c2c1c(C(=O)O)nn2COCC[Si](C)(C)C. The van der Waals surface area contributed by atoms with Crippen molar-refractivity contribution in [2.45, 2.75) is 64.8 Å². The number of aromatic nitrogens is 8. The van der Waals surface area contributed by atoms with E-state index in [4.69, 9.17) is 14.2 Å². The molecule has 50 heavy (non-hydrogen) atoms. The molecular weight excluding hydrogens is 808 g/mol. The molecule has 0 aliphatic carbocycles. The zero-order chi connectivity index (χ0) is 36.5. The van der Waals surface area contributed by atoms with Gasteiger partial charge in [-0.2, -0.15) is 10.2 Å². The van der Waals surface area contributed by atoms with Crippen LogP contribution in [0.15, 0.2) is 33.5 Å². The molecule has 0 amide bonds. The summed E-state index contributed by atoms with van der Waals surface area (Å²) in [6.45, 7) is 15.6. The zero-order valence-corrected chi connectivity index (χ0v) is 34.6. The van der Waals surface area contributed by atoms with Gasteiger partial charge in [-0.05, 0) is 56.1 Å². The van der Waals surface area contributed by atoms with Gasteiger partial charge in [0.15, 0.2) is 11.4 Å². The van der Waals surface area contributed by atoms with E-state index in [9.17, 15) is 14.7 Å². The second kappa shape index (κ2) is 15.0. The number of esters is 1. The largest absolute Gasteiger partial charge is 0.476 e. The standard InChI is InChI=1S/2C16H21BrN4O3Si/c1-20-11-7-10(17)8-18-12(11)15-14(20)13(16(22)23)19-21(15)9-24-5-6-25(2,3)4;1-23-16(22)14-13-15(12-11(19-13)7-10(17)8-18-12)21(20-14)9-24-5-6-25(2,3)4/h7-8H,5-6,9H2,1-4H3,(H,22,23);7-8,19H,5-6,9H2,1-4H3. The van der Waals surface area contributed by atoms with Gasteiger partial charge in [0.2, 0.25) is 0 Å². The van der Waals surface area contributed by atoms with Crippen molar-refractivity contribution in [1.82, 2.24) is 39.1 Å². The maximum Gasteiger partial charge on any atom is 0.360 e. The molecular formula is C32H42Br2N8O6Si2. The quantitative estimate of drug-likeness (QED) is 0.0718. The highest BCUT2D eigenvalue weighted by molar-refractivity contribution is 9.10. The van der Waals surface area contributed by atoms with E-state index in [1.807, 2.05) is 23.7 Å². The van der Waals surface area contributed by atoms with Gasteiger partial charge in [-0.1, -0.05) is 39.3 Å². The Kier molecular flexibility index (Phi) is 11.4. The maximum atomic E-state index is 12.1. The van der Waals surface area contributed by atoms with Crippen LogP contribution >= 0.6 is 31.9 Å². The van der Waals surface area contributed by atoms with E-state index >= 15 is 0 Å². The van der Waals surface area contributed by atoms with Gasteiger partial charge < -0.3 is 28.9 Å². The summed E-state index contributed by atoms with van der Waals surface area (Å²) >= 11 is 6.82. The van der Waals surface area contributed by atoms with Gasteiger partial charge in [0, 0.05) is 57.7 Å². The lowest BCUT2D eigenvalue weighted by atomic mass is 10.3. The van der Waals surface area contributed by atoms with E-state index in [0.29, 0.717) is 29.8 Å². The van der Waals surface area contributed by atoms with Crippen molar-refractivity contribution < 1.29 is 28.9 Å². The topological polar surface area (TPSA) is 164 Å². The Balaban J connectivity index is 0.000000194. The fourth-order valence-electron chi connectivity index (χ4n) is 5.30. The number of ether oxygens (including phenoxy) is 3. The number of aromatic carboxylic acids is 1. The van der Waals surface area contributed by atoms with E-state index in [2.05, 4.69) is 96.3 Å². The lowest BCUT2D eigenvalue weighted by molar-refractivity contribution is 0.0584. The fourth-order valence-corrected chi connectivity index (χ4v) is 7.46. The first-order valence-corrected chi connectivity index (χ1v) is 25.0. The highest BCUT2D eigenvalue weighted by atomic mass is 79.9. The molecule has 0 atom stereocenters. The summed E-state index contributed by atoms with van der Waals surface area (Å²) < 4.78 is 23.2. The monoisotopic (exact) mass is 848 g/mol. The van der Waals surface area contributed by atoms with Crippen molar-refractivity contribution in [1.29, 1.82) is 0 Å². The Morgan fingerprint density at radius 3 is 1.92 bits per heavy atom. The summed E-state index contributed by atoms with van der Waals surface area (Å²) in [5.74, 6) is -1.55. The smallest absolute Gasteiger partial charge is 0.360 e. The van der Waals surface area contributed by atoms with Gasteiger partial charge in [0.05, 0.1) is 18.1 Å². The average Bonchev–Trinajstić information content (AvgIpc) is 3.76. The van der Waals surface area contributed by atoms with Crippen LogP contribution in [0.4, 0.5) is 0 Å². The van der Waals surface area contributed by atoms with Crippen LogP contribution in [0, 0.1) is 0 Å². The number of nitrogens with zero attached hydrogens (tertiary/aromatic N) is 7. The second-order valence-corrected chi connectivity index (χ2v) is 27.4. The number of hydrogen-bond donors (Lipinski definition) is 2. The summed E-state index contributed by atoms with van der Waals surface area (Å²) in [6, 6.07) is 5.95. The number of aryl methyl sites for hydroxylation is 1. The molecule has 0 bridgehead atoms. The van der Waals surface area contributed by atoms with Gasteiger partial charge >= 0.3 is 11.9 Å². The van der Waals surface area contributed by atoms with Gasteiger partial charge in [-0.15, -0.1) is 0 Å². The third-order valence-electron chi connectivity index (χ3n) is 7.97. The number of methoxy groups -OCH3 is 1. The molecule has 0 radical (unpaired) electrons. The number of hydrogen-bond acceptors (Lipinski definition) is 9. The van der Waals surface area contributed by atoms with Crippen molar-refractivity contribution in [3.8, 4) is 0 Å². The highest BCUT2D eigenvalue weighted by Gasteiger charge is 2.25. The highest BCUT2D eigenvalue weighted by Crippen LogP contribution is 2.31. The Hall–Kier alpha value is -3.43. The van der Waals surface area contributed by atoms with Crippen LogP contribution in [0.5, 0.6) is 0 Å². The van der Waals surface area contributed by atoms with Crippen LogP contribution in [-0.4, -0.2) is 92.6 Å². The second-order valence-electron chi connectivity index (χ2n) is 14.4. The molecule has 14 nitrogen and oxygen atoms in total. The molecule has 0 aliphatic rings. The number of fused-ring (bicyclic) bond motifs is 6. The summed E-state index contributed by atoms with van der Waals surface area (Å²) in [5.41, 5.74) is 5.99. The number of carboxylic acids is 1. The lowest BCUT2D eigenvalue weighted by Crippen LogP contribution is -2.22. The fraction of sp³-hybridized carbons (Fsp3) is 0.438. The lowest BCUT2D eigenvalue weighted by Gasteiger charge is -2.15. The van der Waals surface area contributed by atoms with Crippen molar-refractivity contribution in [2.24, 2.45) is 7.05 Å². The molecule has 0 spiro atoms. The van der Waals surface area contributed by atoms with Crippen LogP contribution in [-0.2, 0) is 34.7 Å². The van der Waals surface area contributed by atoms with Gasteiger partial charge in [-0.3, -0.25) is 9.97 Å². The van der Waals surface area contributed by atoms with Gasteiger partial charge in [-0.25, -0.2) is 19.0 Å².